The molecule has 1 aromatic rings. The van der Waals surface area contributed by atoms with E-state index in [1.807, 2.05) is 12.5 Å². The highest BCUT2D eigenvalue weighted by Crippen LogP contribution is 2.31. The topological polar surface area (TPSA) is 43.8 Å². The van der Waals surface area contributed by atoms with Crippen LogP contribution in [0.3, 0.4) is 0 Å². The molecule has 3 heteroatoms. The fraction of sp³-hybridized carbons (Fsp3) is 0.786. The number of nitrogens with two attached hydrogens (primary N) is 1. The number of aromatic nitrogens is 2. The Morgan fingerprint density at radius 1 is 1.47 bits per heavy atom. The molecule has 96 valence electrons. The zero-order valence-electron chi connectivity index (χ0n) is 11.1. The van der Waals surface area contributed by atoms with Crippen molar-refractivity contribution in [2.45, 2.75) is 58.5 Å². The second-order valence-corrected chi connectivity index (χ2v) is 5.51. The van der Waals surface area contributed by atoms with Gasteiger partial charge in [-0.15, -0.1) is 0 Å². The Labute approximate surface area is 104 Å². The zero-order valence-corrected chi connectivity index (χ0v) is 11.1. The maximum absolute atomic E-state index is 6.12. The molecule has 0 amide bonds. The van der Waals surface area contributed by atoms with Crippen molar-refractivity contribution in [2.75, 3.05) is 0 Å². The van der Waals surface area contributed by atoms with Gasteiger partial charge in [-0.1, -0.05) is 33.1 Å². The van der Waals surface area contributed by atoms with E-state index in [1.54, 1.807) is 0 Å². The van der Waals surface area contributed by atoms with Crippen molar-refractivity contribution >= 4 is 0 Å². The minimum Gasteiger partial charge on any atom is -0.333 e. The third-order valence-corrected chi connectivity index (χ3v) is 4.28. The number of hydrogen-bond donors (Lipinski definition) is 1. The highest BCUT2D eigenvalue weighted by atomic mass is 15.1. The summed E-state index contributed by atoms with van der Waals surface area (Å²) in [4.78, 5) is 4.26. The van der Waals surface area contributed by atoms with E-state index >= 15 is 0 Å². The van der Waals surface area contributed by atoms with Crippen molar-refractivity contribution in [1.82, 2.24) is 9.55 Å². The molecule has 3 nitrogen and oxygen atoms in total. The number of rotatable bonds is 4. The number of hydrogen-bond acceptors (Lipinski definition) is 2. The van der Waals surface area contributed by atoms with E-state index in [0.717, 1.165) is 24.8 Å². The Hall–Kier alpha value is -0.830. The standard InChI is InChI=1S/C14H25N3/c1-3-13(15)14-8-16-10-17(14)9-12-7-5-4-6-11(12)2/h8,10-13H,3-7,9,15H2,1-2H3/t11?,12?,13-/m1/s1. The molecule has 0 bridgehead atoms. The van der Waals surface area contributed by atoms with Crippen LogP contribution in [0.2, 0.25) is 0 Å². The summed E-state index contributed by atoms with van der Waals surface area (Å²) in [5.74, 6) is 1.65. The zero-order chi connectivity index (χ0) is 12.3. The van der Waals surface area contributed by atoms with Crippen LogP contribution >= 0.6 is 0 Å². The molecule has 0 aliphatic heterocycles. The molecule has 1 saturated carbocycles. The second kappa shape index (κ2) is 5.67. The summed E-state index contributed by atoms with van der Waals surface area (Å²) in [6, 6.07) is 0.136. The highest BCUT2D eigenvalue weighted by Gasteiger charge is 2.22. The number of nitrogens with zero attached hydrogens (tertiary/aromatic N) is 2. The van der Waals surface area contributed by atoms with Crippen LogP contribution in [0.5, 0.6) is 0 Å². The first-order valence-corrected chi connectivity index (χ1v) is 6.98. The molecule has 1 aromatic heterocycles. The molecular weight excluding hydrogens is 210 g/mol. The highest BCUT2D eigenvalue weighted by molar-refractivity contribution is 5.04. The van der Waals surface area contributed by atoms with Gasteiger partial charge >= 0.3 is 0 Å². The number of imidazole rings is 1. The molecule has 17 heavy (non-hydrogen) atoms. The molecule has 0 aromatic carbocycles. The van der Waals surface area contributed by atoms with Crippen LogP contribution in [0.4, 0.5) is 0 Å². The Bertz CT molecular complexity index is 345. The van der Waals surface area contributed by atoms with E-state index in [-0.39, 0.29) is 6.04 Å². The molecule has 2 N–H and O–H groups in total. The molecule has 3 atom stereocenters. The van der Waals surface area contributed by atoms with E-state index in [4.69, 9.17) is 5.73 Å². The SMILES string of the molecule is CC[C@@H](N)c1cncn1CC1CCCCC1C. The molecule has 1 fully saturated rings. The fourth-order valence-electron chi connectivity index (χ4n) is 2.92. The average molecular weight is 235 g/mol. The molecule has 0 radical (unpaired) electrons. The molecule has 0 spiro atoms. The van der Waals surface area contributed by atoms with E-state index in [2.05, 4.69) is 23.4 Å². The predicted molar refractivity (Wildman–Crippen MR) is 70.6 cm³/mol. The van der Waals surface area contributed by atoms with Gasteiger partial charge in [0.15, 0.2) is 0 Å². The minimum absolute atomic E-state index is 0.136. The Morgan fingerprint density at radius 3 is 2.94 bits per heavy atom. The van der Waals surface area contributed by atoms with Crippen molar-refractivity contribution in [3.8, 4) is 0 Å². The molecule has 2 rings (SSSR count). The molecule has 1 aliphatic rings. The maximum atomic E-state index is 6.12. The van der Waals surface area contributed by atoms with Crippen LogP contribution < -0.4 is 5.73 Å². The quantitative estimate of drug-likeness (QED) is 0.871. The van der Waals surface area contributed by atoms with Crippen LogP contribution in [0.15, 0.2) is 12.5 Å². The lowest BCUT2D eigenvalue weighted by Crippen LogP contribution is -2.24. The maximum Gasteiger partial charge on any atom is 0.0948 e. The summed E-state index contributed by atoms with van der Waals surface area (Å²) in [6.45, 7) is 5.62. The van der Waals surface area contributed by atoms with Gasteiger partial charge in [0.05, 0.1) is 12.0 Å². The summed E-state index contributed by atoms with van der Waals surface area (Å²) in [6.07, 6.45) is 10.4. The Balaban J connectivity index is 2.05. The van der Waals surface area contributed by atoms with E-state index < -0.39 is 0 Å². The van der Waals surface area contributed by atoms with Crippen molar-refractivity contribution in [2.24, 2.45) is 17.6 Å². The van der Waals surface area contributed by atoms with Gasteiger partial charge in [0, 0.05) is 18.8 Å². The Kier molecular flexibility index (Phi) is 4.21. The third-order valence-electron chi connectivity index (χ3n) is 4.28. The molecule has 2 unspecified atom stereocenters. The molecule has 0 saturated heterocycles. The van der Waals surface area contributed by atoms with Crippen molar-refractivity contribution in [3.63, 3.8) is 0 Å². The van der Waals surface area contributed by atoms with E-state index in [9.17, 15) is 0 Å². The smallest absolute Gasteiger partial charge is 0.0948 e. The van der Waals surface area contributed by atoms with Crippen molar-refractivity contribution < 1.29 is 0 Å². The second-order valence-electron chi connectivity index (χ2n) is 5.51. The summed E-state index contributed by atoms with van der Waals surface area (Å²) in [5, 5.41) is 0. The van der Waals surface area contributed by atoms with E-state index in [1.165, 1.54) is 31.4 Å². The van der Waals surface area contributed by atoms with Gasteiger partial charge in [-0.2, -0.15) is 0 Å². The van der Waals surface area contributed by atoms with Gasteiger partial charge in [0.2, 0.25) is 0 Å². The van der Waals surface area contributed by atoms with Gasteiger partial charge in [-0.25, -0.2) is 4.98 Å². The molecule has 1 aliphatic carbocycles. The van der Waals surface area contributed by atoms with Crippen LogP contribution in [0.25, 0.3) is 0 Å². The summed E-state index contributed by atoms with van der Waals surface area (Å²) >= 11 is 0. The summed E-state index contributed by atoms with van der Waals surface area (Å²) in [7, 11) is 0. The van der Waals surface area contributed by atoms with Gasteiger partial charge < -0.3 is 10.3 Å². The van der Waals surface area contributed by atoms with Gasteiger partial charge in [-0.3, -0.25) is 0 Å². The third kappa shape index (κ3) is 2.89. The van der Waals surface area contributed by atoms with Gasteiger partial charge in [-0.05, 0) is 24.7 Å². The first kappa shape index (κ1) is 12.6. The summed E-state index contributed by atoms with van der Waals surface area (Å²) < 4.78 is 2.28. The van der Waals surface area contributed by atoms with Crippen molar-refractivity contribution in [1.29, 1.82) is 0 Å². The Morgan fingerprint density at radius 2 is 2.24 bits per heavy atom. The van der Waals surface area contributed by atoms with Crippen LogP contribution in [-0.4, -0.2) is 9.55 Å². The average Bonchev–Trinajstić information content (AvgIpc) is 2.79. The lowest BCUT2D eigenvalue weighted by Gasteiger charge is -2.29. The lowest BCUT2D eigenvalue weighted by atomic mass is 9.80. The van der Waals surface area contributed by atoms with E-state index in [0.29, 0.717) is 0 Å². The minimum atomic E-state index is 0.136. The normalized spacial score (nSPS) is 27.0. The predicted octanol–water partition coefficient (Wildman–Crippen LogP) is 3.12. The van der Waals surface area contributed by atoms with Crippen molar-refractivity contribution in [3.05, 3.63) is 18.2 Å². The van der Waals surface area contributed by atoms with Crippen LogP contribution in [0.1, 0.15) is 57.7 Å². The summed E-state index contributed by atoms with van der Waals surface area (Å²) in [5.41, 5.74) is 7.32. The first-order chi connectivity index (χ1) is 8.22. The first-order valence-electron chi connectivity index (χ1n) is 6.98. The van der Waals surface area contributed by atoms with Crippen LogP contribution in [-0.2, 0) is 6.54 Å². The van der Waals surface area contributed by atoms with Gasteiger partial charge in [0.1, 0.15) is 0 Å². The van der Waals surface area contributed by atoms with Gasteiger partial charge in [0.25, 0.3) is 0 Å². The monoisotopic (exact) mass is 235 g/mol. The molecule has 1 heterocycles. The fourth-order valence-corrected chi connectivity index (χ4v) is 2.92. The lowest BCUT2D eigenvalue weighted by molar-refractivity contribution is 0.226. The molecular formula is C14H25N3. The largest absolute Gasteiger partial charge is 0.333 e. The van der Waals surface area contributed by atoms with Crippen LogP contribution in [0, 0.1) is 11.8 Å².